The van der Waals surface area contributed by atoms with Gasteiger partial charge in [0.2, 0.25) is 0 Å². The molecule has 0 amide bonds. The molecule has 122 valence electrons. The molecule has 0 atom stereocenters. The maximum Gasteiger partial charge on any atom is 0.197 e. The molecule has 0 aliphatic heterocycles. The monoisotopic (exact) mass is 292 g/mol. The average Bonchev–Trinajstić information content (AvgIpc) is 2.17. The summed E-state index contributed by atoms with van der Waals surface area (Å²) in [5.41, 5.74) is -0.520. The number of hydrogen-bond donors (Lipinski definition) is 4. The first-order valence-corrected chi connectivity index (χ1v) is 7.05. The van der Waals surface area contributed by atoms with Gasteiger partial charge in [-0.15, -0.1) is 0 Å². The molecule has 0 aromatic heterocycles. The summed E-state index contributed by atoms with van der Waals surface area (Å²) in [6.45, 7) is 13.0. The second-order valence-electron chi connectivity index (χ2n) is 7.00. The Hall–Kier alpha value is -0.240. The maximum absolute atomic E-state index is 10.7. The highest BCUT2D eigenvalue weighted by Gasteiger charge is 2.34. The topological polar surface area (TPSA) is 83.0 Å². The Morgan fingerprint density at radius 3 is 1.65 bits per heavy atom. The molecule has 0 aromatic rings. The fraction of sp³-hybridized carbons (Fsp3) is 1.00. The van der Waals surface area contributed by atoms with Gasteiger partial charge in [0, 0.05) is 11.1 Å². The minimum Gasteiger partial charge on any atom is -0.394 e. The summed E-state index contributed by atoms with van der Waals surface area (Å²) in [4.78, 5) is 0. The zero-order valence-electron chi connectivity index (χ0n) is 13.7. The maximum atomic E-state index is 10.7. The Balaban J connectivity index is 4.32. The van der Waals surface area contributed by atoms with Crippen LogP contribution in [-0.4, -0.2) is 60.2 Å². The van der Waals surface area contributed by atoms with Gasteiger partial charge in [0.05, 0.1) is 26.4 Å². The van der Waals surface area contributed by atoms with Crippen molar-refractivity contribution in [2.75, 3.05) is 33.0 Å². The van der Waals surface area contributed by atoms with Crippen LogP contribution in [0.2, 0.25) is 0 Å². The SMILES string of the molecule is CC(C)(C)NC(O)(COCCOCCO)NC(C)(C)C. The Morgan fingerprint density at radius 1 is 0.800 bits per heavy atom. The molecule has 6 nitrogen and oxygen atoms in total. The fourth-order valence-electron chi connectivity index (χ4n) is 1.85. The lowest BCUT2D eigenvalue weighted by atomic mass is 10.1. The van der Waals surface area contributed by atoms with E-state index >= 15 is 0 Å². The predicted molar refractivity (Wildman–Crippen MR) is 79.5 cm³/mol. The smallest absolute Gasteiger partial charge is 0.197 e. The van der Waals surface area contributed by atoms with Crippen molar-refractivity contribution in [3.8, 4) is 0 Å². The first-order chi connectivity index (χ1) is 8.97. The summed E-state index contributed by atoms with van der Waals surface area (Å²) in [5.74, 6) is -1.31. The van der Waals surface area contributed by atoms with E-state index < -0.39 is 5.85 Å². The molecule has 0 rings (SSSR count). The third kappa shape index (κ3) is 11.6. The van der Waals surface area contributed by atoms with Crippen molar-refractivity contribution in [1.29, 1.82) is 0 Å². The first kappa shape index (κ1) is 19.8. The number of aliphatic hydroxyl groups is 2. The predicted octanol–water partition coefficient (Wildman–Crippen LogP) is 0.434. The van der Waals surface area contributed by atoms with Gasteiger partial charge >= 0.3 is 0 Å². The Labute approximate surface area is 122 Å². The van der Waals surface area contributed by atoms with E-state index in [0.717, 1.165) is 0 Å². The van der Waals surface area contributed by atoms with Crippen LogP contribution < -0.4 is 10.6 Å². The van der Waals surface area contributed by atoms with E-state index in [9.17, 15) is 5.11 Å². The second-order valence-corrected chi connectivity index (χ2v) is 7.00. The average molecular weight is 292 g/mol. The molecule has 0 saturated heterocycles. The van der Waals surface area contributed by atoms with E-state index in [4.69, 9.17) is 14.6 Å². The molecule has 0 spiro atoms. The van der Waals surface area contributed by atoms with Gasteiger partial charge in [-0.1, -0.05) is 0 Å². The van der Waals surface area contributed by atoms with Crippen LogP contribution in [0, 0.1) is 0 Å². The lowest BCUT2D eigenvalue weighted by molar-refractivity contribution is -0.124. The van der Waals surface area contributed by atoms with Crippen molar-refractivity contribution in [3.05, 3.63) is 0 Å². The lowest BCUT2D eigenvalue weighted by Crippen LogP contribution is -2.69. The van der Waals surface area contributed by atoms with Gasteiger partial charge in [-0.25, -0.2) is 0 Å². The standard InChI is InChI=1S/C14H32N2O4/c1-12(2,3)15-14(18,16-13(4,5)6)11-20-10-9-19-8-7-17/h15-18H,7-11H2,1-6H3. The molecule has 20 heavy (non-hydrogen) atoms. The minimum absolute atomic E-state index is 0.00109. The van der Waals surface area contributed by atoms with Crippen LogP contribution in [-0.2, 0) is 9.47 Å². The molecule has 4 N–H and O–H groups in total. The van der Waals surface area contributed by atoms with E-state index in [1.54, 1.807) is 0 Å². The van der Waals surface area contributed by atoms with Crippen LogP contribution >= 0.6 is 0 Å². The summed E-state index contributed by atoms with van der Waals surface area (Å²) in [6.07, 6.45) is 0. The van der Waals surface area contributed by atoms with Crippen molar-refractivity contribution in [2.45, 2.75) is 58.5 Å². The zero-order valence-corrected chi connectivity index (χ0v) is 13.7. The summed E-state index contributed by atoms with van der Waals surface area (Å²) < 4.78 is 10.6. The Morgan fingerprint density at radius 2 is 1.25 bits per heavy atom. The van der Waals surface area contributed by atoms with Gasteiger partial charge < -0.3 is 19.7 Å². The number of aliphatic hydroxyl groups excluding tert-OH is 1. The lowest BCUT2D eigenvalue weighted by Gasteiger charge is -2.41. The molecule has 0 saturated carbocycles. The summed E-state index contributed by atoms with van der Waals surface area (Å²) in [7, 11) is 0. The normalized spacial score (nSPS) is 13.8. The van der Waals surface area contributed by atoms with E-state index in [1.165, 1.54) is 0 Å². The summed E-state index contributed by atoms with van der Waals surface area (Å²) in [5, 5.41) is 25.5. The Kier molecular flexibility index (Phi) is 8.16. The fourth-order valence-corrected chi connectivity index (χ4v) is 1.85. The molecule has 0 aromatic carbocycles. The Bertz CT molecular complexity index is 243. The van der Waals surface area contributed by atoms with E-state index in [0.29, 0.717) is 19.8 Å². The number of ether oxygens (including phenoxy) is 2. The highest BCUT2D eigenvalue weighted by atomic mass is 16.5. The van der Waals surface area contributed by atoms with Crippen LogP contribution in [0.15, 0.2) is 0 Å². The highest BCUT2D eigenvalue weighted by Crippen LogP contribution is 2.12. The van der Waals surface area contributed by atoms with Crippen molar-refractivity contribution < 1.29 is 19.7 Å². The van der Waals surface area contributed by atoms with Crippen LogP contribution in [0.25, 0.3) is 0 Å². The van der Waals surface area contributed by atoms with E-state index in [-0.39, 0.29) is 24.3 Å². The molecular weight excluding hydrogens is 260 g/mol. The number of nitrogens with one attached hydrogen (secondary N) is 2. The highest BCUT2D eigenvalue weighted by molar-refractivity contribution is 4.87. The summed E-state index contributed by atoms with van der Waals surface area (Å²) in [6, 6.07) is 0. The molecule has 0 fully saturated rings. The molecule has 0 aliphatic rings. The zero-order chi connectivity index (χ0) is 15.9. The largest absolute Gasteiger partial charge is 0.394 e. The molecular formula is C14H32N2O4. The van der Waals surface area contributed by atoms with E-state index in [2.05, 4.69) is 10.6 Å². The van der Waals surface area contributed by atoms with Crippen LogP contribution in [0.5, 0.6) is 0 Å². The third-order valence-corrected chi connectivity index (χ3v) is 2.08. The van der Waals surface area contributed by atoms with Crippen LogP contribution in [0.3, 0.4) is 0 Å². The molecule has 0 unspecified atom stereocenters. The minimum atomic E-state index is -1.31. The molecule has 0 heterocycles. The molecule has 0 aliphatic carbocycles. The molecule has 0 radical (unpaired) electrons. The van der Waals surface area contributed by atoms with Gasteiger partial charge in [-0.3, -0.25) is 10.6 Å². The van der Waals surface area contributed by atoms with E-state index in [1.807, 2.05) is 41.5 Å². The quantitative estimate of drug-likeness (QED) is 0.364. The third-order valence-electron chi connectivity index (χ3n) is 2.08. The molecule has 0 bridgehead atoms. The van der Waals surface area contributed by atoms with Gasteiger partial charge in [0.25, 0.3) is 0 Å². The van der Waals surface area contributed by atoms with Gasteiger partial charge in [0.15, 0.2) is 5.85 Å². The van der Waals surface area contributed by atoms with Crippen LogP contribution in [0.4, 0.5) is 0 Å². The number of hydrogen-bond acceptors (Lipinski definition) is 6. The number of rotatable bonds is 9. The second kappa shape index (κ2) is 8.26. The van der Waals surface area contributed by atoms with Gasteiger partial charge in [0.1, 0.15) is 6.61 Å². The summed E-state index contributed by atoms with van der Waals surface area (Å²) >= 11 is 0. The van der Waals surface area contributed by atoms with Crippen LogP contribution in [0.1, 0.15) is 41.5 Å². The van der Waals surface area contributed by atoms with Crippen molar-refractivity contribution >= 4 is 0 Å². The van der Waals surface area contributed by atoms with Gasteiger partial charge in [-0.2, -0.15) is 0 Å². The molecule has 6 heteroatoms. The van der Waals surface area contributed by atoms with Crippen molar-refractivity contribution in [1.82, 2.24) is 10.6 Å². The van der Waals surface area contributed by atoms with Gasteiger partial charge in [-0.05, 0) is 41.5 Å². The van der Waals surface area contributed by atoms with Crippen molar-refractivity contribution in [3.63, 3.8) is 0 Å². The van der Waals surface area contributed by atoms with Crippen molar-refractivity contribution in [2.24, 2.45) is 0 Å². The first-order valence-electron chi connectivity index (χ1n) is 7.05.